The van der Waals surface area contributed by atoms with Crippen LogP contribution < -0.4 is 10.6 Å². The van der Waals surface area contributed by atoms with Crippen LogP contribution >= 0.6 is 0 Å². The largest absolute Gasteiger partial charge is 0.343 e. The first-order chi connectivity index (χ1) is 22.0. The van der Waals surface area contributed by atoms with Gasteiger partial charge in [-0.1, -0.05) is 85.0 Å². The number of benzene rings is 3. The minimum atomic E-state index is -0.622. The normalized spacial score (nSPS) is 16.0. The number of rotatable bonds is 11. The number of amides is 2. The fraction of sp³-hybridized carbons (Fsp3) is 0.282. The number of allylic oxidation sites excluding steroid dienone is 6. The van der Waals surface area contributed by atoms with Crippen molar-refractivity contribution in [3.63, 3.8) is 0 Å². The molecule has 0 heterocycles. The monoisotopic (exact) mass is 595 g/mol. The van der Waals surface area contributed by atoms with Crippen LogP contribution in [-0.4, -0.2) is 24.1 Å². The van der Waals surface area contributed by atoms with E-state index in [0.29, 0.717) is 17.6 Å². The van der Waals surface area contributed by atoms with Gasteiger partial charge >= 0.3 is 0 Å². The van der Waals surface area contributed by atoms with Crippen LogP contribution in [0.1, 0.15) is 72.9 Å². The fourth-order valence-corrected chi connectivity index (χ4v) is 5.57. The summed E-state index contributed by atoms with van der Waals surface area (Å²) in [5.74, 6) is 4.73. The Bertz CT molecular complexity index is 1790. The molecule has 6 nitrogen and oxygen atoms in total. The topological polar surface area (TPSA) is 99.1 Å². The Morgan fingerprint density at radius 3 is 2.36 bits per heavy atom. The van der Waals surface area contributed by atoms with Gasteiger partial charge in [-0.3, -0.25) is 14.4 Å². The molecule has 3 aromatic carbocycles. The van der Waals surface area contributed by atoms with E-state index < -0.39 is 11.7 Å². The molecule has 6 heteroatoms. The van der Waals surface area contributed by atoms with Crippen LogP contribution in [0.4, 0.5) is 0 Å². The number of carbonyl (C=O) groups is 3. The van der Waals surface area contributed by atoms with E-state index >= 15 is 0 Å². The highest BCUT2D eigenvalue weighted by Crippen LogP contribution is 2.46. The van der Waals surface area contributed by atoms with E-state index in [1.807, 2.05) is 48.6 Å². The average Bonchev–Trinajstić information content (AvgIpc) is 3.84. The number of ketones is 1. The second-order valence-corrected chi connectivity index (χ2v) is 11.6. The fourth-order valence-electron chi connectivity index (χ4n) is 5.57. The van der Waals surface area contributed by atoms with Crippen molar-refractivity contribution >= 4 is 28.4 Å². The quantitative estimate of drug-likeness (QED) is 0.145. The predicted molar refractivity (Wildman–Crippen MR) is 177 cm³/mol. The summed E-state index contributed by atoms with van der Waals surface area (Å²) in [6, 6.07) is 24.5. The van der Waals surface area contributed by atoms with E-state index in [1.165, 1.54) is 10.8 Å². The van der Waals surface area contributed by atoms with Gasteiger partial charge < -0.3 is 10.6 Å². The van der Waals surface area contributed by atoms with E-state index in [-0.39, 0.29) is 24.4 Å². The molecule has 0 atom stereocenters. The Balaban J connectivity index is 1.05. The molecule has 226 valence electrons. The van der Waals surface area contributed by atoms with Gasteiger partial charge in [0.1, 0.15) is 0 Å². The standard InChI is InChI=1S/C39H37N3O3/c40-28-30-12-5-4-11-29(20-21-30)13-10-26-41-38(45)36(43)19-3-1-2-15-32-16-8-9-18-35(32)37(44)42-39(24-25-39)34-23-22-31-14-6-7-17-33(31)27-34/h6-9,11-12,14,16-18,20-23,27H,1-5,15,19,24-26H2,(H,41,45)(H,42,44)/b21-20?,29-11+,30-12?. The second kappa shape index (κ2) is 15.0. The molecule has 2 aliphatic carbocycles. The maximum atomic E-state index is 13.4. The maximum Gasteiger partial charge on any atom is 0.288 e. The summed E-state index contributed by atoms with van der Waals surface area (Å²) in [5, 5.41) is 17.3. The lowest BCUT2D eigenvalue weighted by atomic mass is 9.97. The number of carbonyl (C=O) groups excluding carboxylic acids is 3. The summed E-state index contributed by atoms with van der Waals surface area (Å²) in [6.45, 7) is 0.0810. The summed E-state index contributed by atoms with van der Waals surface area (Å²) in [4.78, 5) is 38.0. The van der Waals surface area contributed by atoms with Gasteiger partial charge in [-0.05, 0) is 91.1 Å². The third kappa shape index (κ3) is 8.46. The predicted octanol–water partition coefficient (Wildman–Crippen LogP) is 6.78. The lowest BCUT2D eigenvalue weighted by Gasteiger charge is -2.20. The number of unbranched alkanes of at least 4 members (excludes halogenated alkanes) is 2. The molecule has 0 bridgehead atoms. The van der Waals surface area contributed by atoms with E-state index in [9.17, 15) is 14.4 Å². The molecule has 2 amide bonds. The molecule has 0 unspecified atom stereocenters. The lowest BCUT2D eigenvalue weighted by Crippen LogP contribution is -2.35. The van der Waals surface area contributed by atoms with Crippen LogP contribution in [-0.2, 0) is 21.5 Å². The van der Waals surface area contributed by atoms with Gasteiger partial charge in [0, 0.05) is 23.1 Å². The molecule has 0 aliphatic heterocycles. The average molecular weight is 596 g/mol. The van der Waals surface area contributed by atoms with Gasteiger partial charge in [-0.25, -0.2) is 0 Å². The molecule has 1 fully saturated rings. The summed E-state index contributed by atoms with van der Waals surface area (Å²) in [6.07, 6.45) is 13.9. The minimum absolute atomic E-state index is 0.0585. The van der Waals surface area contributed by atoms with Crippen molar-refractivity contribution in [3.05, 3.63) is 119 Å². The highest BCUT2D eigenvalue weighted by molar-refractivity contribution is 6.36. The first-order valence-corrected chi connectivity index (χ1v) is 15.7. The van der Waals surface area contributed by atoms with Gasteiger partial charge in [-0.15, -0.1) is 0 Å². The number of nitrogens with zero attached hydrogens (tertiary/aromatic N) is 1. The van der Waals surface area contributed by atoms with Crippen molar-refractivity contribution in [2.24, 2.45) is 0 Å². The van der Waals surface area contributed by atoms with Gasteiger partial charge in [0.15, 0.2) is 0 Å². The first kappa shape index (κ1) is 31.2. The molecule has 0 aromatic heterocycles. The highest BCUT2D eigenvalue weighted by atomic mass is 16.2. The highest BCUT2D eigenvalue weighted by Gasteiger charge is 2.46. The first-order valence-electron chi connectivity index (χ1n) is 15.7. The molecular weight excluding hydrogens is 558 g/mol. The molecular formula is C39H37N3O3. The molecule has 0 radical (unpaired) electrons. The Hall–Kier alpha value is -5.20. The second-order valence-electron chi connectivity index (χ2n) is 11.6. The molecule has 3 aromatic rings. The molecule has 2 N–H and O–H groups in total. The number of fused-ring (bicyclic) bond motifs is 1. The van der Waals surface area contributed by atoms with E-state index in [0.717, 1.165) is 61.6 Å². The molecule has 45 heavy (non-hydrogen) atoms. The van der Waals surface area contributed by atoms with Crippen LogP contribution in [0.2, 0.25) is 0 Å². The van der Waals surface area contributed by atoms with E-state index in [1.54, 1.807) is 12.2 Å². The Morgan fingerprint density at radius 2 is 1.56 bits per heavy atom. The molecule has 2 aliphatic rings. The number of hydrogen-bond donors (Lipinski definition) is 2. The van der Waals surface area contributed by atoms with E-state index in [2.05, 4.69) is 58.9 Å². The number of hydrogen-bond acceptors (Lipinski definition) is 4. The SMILES string of the molecule is N#CC1=CCC/C=C(\C#CCNC(=O)C(=O)CCCCCc2ccccc2C(=O)NC2(c3ccc4ccccc4c3)CC2)C=C1. The number of aryl methyl sites for hydroxylation is 1. The number of Topliss-reactive ketones (excluding diaryl/α,β-unsaturated/α-hetero) is 1. The van der Waals surface area contributed by atoms with Crippen LogP contribution in [0.15, 0.2) is 102 Å². The maximum absolute atomic E-state index is 13.4. The van der Waals surface area contributed by atoms with Gasteiger partial charge in [-0.2, -0.15) is 5.26 Å². The van der Waals surface area contributed by atoms with Crippen LogP contribution in [0.3, 0.4) is 0 Å². The number of nitriles is 1. The zero-order chi connectivity index (χ0) is 31.5. The van der Waals surface area contributed by atoms with Crippen molar-refractivity contribution in [3.8, 4) is 17.9 Å². The molecule has 1 saturated carbocycles. The summed E-state index contributed by atoms with van der Waals surface area (Å²) >= 11 is 0. The smallest absolute Gasteiger partial charge is 0.288 e. The van der Waals surface area contributed by atoms with Crippen LogP contribution in [0, 0.1) is 23.2 Å². The lowest BCUT2D eigenvalue weighted by molar-refractivity contribution is -0.137. The molecule has 5 rings (SSSR count). The third-order valence-electron chi connectivity index (χ3n) is 8.31. The van der Waals surface area contributed by atoms with Crippen molar-refractivity contribution in [1.29, 1.82) is 5.26 Å². The van der Waals surface area contributed by atoms with Gasteiger partial charge in [0.2, 0.25) is 5.78 Å². The van der Waals surface area contributed by atoms with Crippen LogP contribution in [0.5, 0.6) is 0 Å². The zero-order valence-electron chi connectivity index (χ0n) is 25.4. The summed E-state index contributed by atoms with van der Waals surface area (Å²) in [7, 11) is 0. The Kier molecular flexibility index (Phi) is 10.4. The van der Waals surface area contributed by atoms with Crippen molar-refractivity contribution in [2.45, 2.75) is 63.3 Å². The van der Waals surface area contributed by atoms with Crippen molar-refractivity contribution < 1.29 is 14.4 Å². The minimum Gasteiger partial charge on any atom is -0.343 e. The van der Waals surface area contributed by atoms with Gasteiger partial charge in [0.25, 0.3) is 11.8 Å². The molecule has 0 spiro atoms. The summed E-state index contributed by atoms with van der Waals surface area (Å²) in [5.41, 5.74) is 3.89. The Morgan fingerprint density at radius 1 is 0.822 bits per heavy atom. The Labute approximate surface area is 264 Å². The zero-order valence-corrected chi connectivity index (χ0v) is 25.4. The van der Waals surface area contributed by atoms with E-state index in [4.69, 9.17) is 5.26 Å². The van der Waals surface area contributed by atoms with Gasteiger partial charge in [0.05, 0.1) is 18.2 Å². The molecule has 0 saturated heterocycles. The summed E-state index contributed by atoms with van der Waals surface area (Å²) < 4.78 is 0. The van der Waals surface area contributed by atoms with Crippen molar-refractivity contribution in [2.75, 3.05) is 6.54 Å². The number of nitrogens with one attached hydrogen (secondary N) is 2. The third-order valence-corrected chi connectivity index (χ3v) is 8.31. The van der Waals surface area contributed by atoms with Crippen molar-refractivity contribution in [1.82, 2.24) is 10.6 Å². The van der Waals surface area contributed by atoms with Crippen LogP contribution in [0.25, 0.3) is 10.8 Å².